The monoisotopic (exact) mass is 285 g/mol. The summed E-state index contributed by atoms with van der Waals surface area (Å²) >= 11 is 5.88. The average molecular weight is 286 g/mol. The second-order valence-corrected chi connectivity index (χ2v) is 4.18. The summed E-state index contributed by atoms with van der Waals surface area (Å²) in [6.07, 6.45) is 0. The van der Waals surface area contributed by atoms with Crippen molar-refractivity contribution in [2.24, 2.45) is 0 Å². The largest absolute Gasteiger partial charge is 0.475 e. The molecular weight excluding hydrogens is 277 g/mol. The Hall–Kier alpha value is -1.92. The van der Waals surface area contributed by atoms with Gasteiger partial charge >= 0.3 is 5.97 Å². The Morgan fingerprint density at radius 3 is 2.84 bits per heavy atom. The summed E-state index contributed by atoms with van der Waals surface area (Å²) in [6, 6.07) is 3.91. The van der Waals surface area contributed by atoms with Gasteiger partial charge in [-0.2, -0.15) is 0 Å². The molecule has 0 amide bonds. The van der Waals surface area contributed by atoms with E-state index in [4.69, 9.17) is 21.4 Å². The molecule has 0 fully saturated rings. The molecule has 100 valence electrons. The van der Waals surface area contributed by atoms with E-state index in [0.29, 0.717) is 5.02 Å². The maximum atomic E-state index is 14.2. The normalized spacial score (nSPS) is 10.7. The number of aromatic carboxylic acids is 1. The maximum absolute atomic E-state index is 14.2. The molecule has 0 aliphatic carbocycles. The molecular formula is C12H9ClFNO4. The highest BCUT2D eigenvalue weighted by molar-refractivity contribution is 6.31. The highest BCUT2D eigenvalue weighted by Crippen LogP contribution is 2.29. The first-order valence-electron chi connectivity index (χ1n) is 5.20. The van der Waals surface area contributed by atoms with Crippen LogP contribution in [0.2, 0.25) is 5.02 Å². The summed E-state index contributed by atoms with van der Waals surface area (Å²) in [5, 5.41) is 12.5. The highest BCUT2D eigenvalue weighted by atomic mass is 35.5. The zero-order valence-corrected chi connectivity index (χ0v) is 10.6. The SMILES string of the molecule is COCc1cc(Cl)cc(-c2cc(C(=O)O)on2)c1F. The number of aromatic nitrogens is 1. The predicted molar refractivity (Wildman–Crippen MR) is 64.6 cm³/mol. The molecule has 7 heteroatoms. The molecule has 2 aromatic rings. The van der Waals surface area contributed by atoms with Crippen molar-refractivity contribution in [1.29, 1.82) is 0 Å². The quantitative estimate of drug-likeness (QED) is 0.935. The third-order valence-electron chi connectivity index (χ3n) is 2.41. The molecule has 0 atom stereocenters. The lowest BCUT2D eigenvalue weighted by Gasteiger charge is -2.06. The summed E-state index contributed by atoms with van der Waals surface area (Å²) in [7, 11) is 1.43. The van der Waals surface area contributed by atoms with Crippen LogP contribution in [0.15, 0.2) is 22.7 Å². The van der Waals surface area contributed by atoms with Gasteiger partial charge < -0.3 is 14.4 Å². The van der Waals surface area contributed by atoms with Crippen LogP contribution in [-0.2, 0) is 11.3 Å². The fourth-order valence-corrected chi connectivity index (χ4v) is 1.84. The minimum atomic E-state index is -1.28. The van der Waals surface area contributed by atoms with E-state index < -0.39 is 11.8 Å². The van der Waals surface area contributed by atoms with Crippen LogP contribution >= 0.6 is 11.6 Å². The zero-order valence-electron chi connectivity index (χ0n) is 9.81. The van der Waals surface area contributed by atoms with Gasteiger partial charge in [-0.1, -0.05) is 16.8 Å². The molecule has 2 rings (SSSR count). The number of ether oxygens (including phenoxy) is 1. The van der Waals surface area contributed by atoms with Gasteiger partial charge in [-0.15, -0.1) is 0 Å². The molecule has 19 heavy (non-hydrogen) atoms. The highest BCUT2D eigenvalue weighted by Gasteiger charge is 2.18. The van der Waals surface area contributed by atoms with Crippen LogP contribution in [0.25, 0.3) is 11.3 Å². The smallest absolute Gasteiger partial charge is 0.374 e. The minimum Gasteiger partial charge on any atom is -0.475 e. The molecule has 1 aromatic carbocycles. The molecule has 1 heterocycles. The Balaban J connectivity index is 2.51. The van der Waals surface area contributed by atoms with Gasteiger partial charge in [0.15, 0.2) is 0 Å². The Bertz CT molecular complexity index is 626. The maximum Gasteiger partial charge on any atom is 0.374 e. The number of hydrogen-bond donors (Lipinski definition) is 1. The van der Waals surface area contributed by atoms with Gasteiger partial charge in [0.25, 0.3) is 0 Å². The summed E-state index contributed by atoms with van der Waals surface area (Å²) in [5.41, 5.74) is 0.385. The number of rotatable bonds is 4. The van der Waals surface area contributed by atoms with Gasteiger partial charge in [0.05, 0.1) is 6.61 Å². The molecule has 0 saturated heterocycles. The first-order chi connectivity index (χ1) is 9.02. The van der Waals surface area contributed by atoms with Crippen molar-refractivity contribution in [3.05, 3.63) is 40.4 Å². The molecule has 0 saturated carbocycles. The number of carboxylic acid groups (broad SMARTS) is 1. The number of methoxy groups -OCH3 is 1. The van der Waals surface area contributed by atoms with Gasteiger partial charge in [-0.05, 0) is 12.1 Å². The third-order valence-corrected chi connectivity index (χ3v) is 2.63. The van der Waals surface area contributed by atoms with Crippen molar-refractivity contribution in [3.63, 3.8) is 0 Å². The predicted octanol–water partition coefficient (Wildman–Crippen LogP) is 2.98. The number of hydrogen-bond acceptors (Lipinski definition) is 4. The van der Waals surface area contributed by atoms with Crippen molar-refractivity contribution >= 4 is 17.6 Å². The molecule has 0 radical (unpaired) electrons. The van der Waals surface area contributed by atoms with Crippen LogP contribution in [0, 0.1) is 5.82 Å². The Labute approximate surface area is 112 Å². The van der Waals surface area contributed by atoms with E-state index in [1.165, 1.54) is 19.2 Å². The Morgan fingerprint density at radius 2 is 2.26 bits per heavy atom. The standard InChI is InChI=1S/C12H9ClFNO4/c1-18-5-6-2-7(13)3-8(11(6)14)9-4-10(12(16)17)19-15-9/h2-4H,5H2,1H3,(H,16,17). The van der Waals surface area contributed by atoms with E-state index in [1.807, 2.05) is 0 Å². The van der Waals surface area contributed by atoms with E-state index in [1.54, 1.807) is 0 Å². The van der Waals surface area contributed by atoms with Crippen LogP contribution in [0.3, 0.4) is 0 Å². The van der Waals surface area contributed by atoms with E-state index in [9.17, 15) is 9.18 Å². The number of carboxylic acids is 1. The average Bonchev–Trinajstić information content (AvgIpc) is 2.83. The lowest BCUT2D eigenvalue weighted by molar-refractivity contribution is 0.0652. The minimum absolute atomic E-state index is 0.0447. The van der Waals surface area contributed by atoms with E-state index in [-0.39, 0.29) is 29.2 Å². The van der Waals surface area contributed by atoms with Crippen LogP contribution in [0.5, 0.6) is 0 Å². The van der Waals surface area contributed by atoms with Crippen molar-refractivity contribution in [3.8, 4) is 11.3 Å². The number of nitrogens with zero attached hydrogens (tertiary/aromatic N) is 1. The topological polar surface area (TPSA) is 72.6 Å². The van der Waals surface area contributed by atoms with Crippen molar-refractivity contribution in [2.75, 3.05) is 7.11 Å². The lowest BCUT2D eigenvalue weighted by Crippen LogP contribution is -1.96. The van der Waals surface area contributed by atoms with E-state index >= 15 is 0 Å². The summed E-state index contributed by atoms with van der Waals surface area (Å²) in [4.78, 5) is 10.7. The van der Waals surface area contributed by atoms with Crippen LogP contribution in [0.4, 0.5) is 4.39 Å². The van der Waals surface area contributed by atoms with Gasteiger partial charge in [0, 0.05) is 29.3 Å². The summed E-state index contributed by atoms with van der Waals surface area (Å²) in [6.45, 7) is 0.0447. The Morgan fingerprint density at radius 1 is 1.53 bits per heavy atom. The van der Waals surface area contributed by atoms with Crippen LogP contribution < -0.4 is 0 Å². The van der Waals surface area contributed by atoms with Crippen molar-refractivity contribution in [1.82, 2.24) is 5.16 Å². The van der Waals surface area contributed by atoms with Crippen LogP contribution in [0.1, 0.15) is 16.1 Å². The summed E-state index contributed by atoms with van der Waals surface area (Å²) in [5.74, 6) is -2.22. The van der Waals surface area contributed by atoms with Crippen molar-refractivity contribution in [2.45, 2.75) is 6.61 Å². The third kappa shape index (κ3) is 2.74. The molecule has 1 N–H and O–H groups in total. The fraction of sp³-hybridized carbons (Fsp3) is 0.167. The summed E-state index contributed by atoms with van der Waals surface area (Å²) < 4.78 is 23.6. The molecule has 5 nitrogen and oxygen atoms in total. The first kappa shape index (κ1) is 13.5. The van der Waals surface area contributed by atoms with Gasteiger partial charge in [-0.3, -0.25) is 0 Å². The lowest BCUT2D eigenvalue weighted by atomic mass is 10.1. The molecule has 0 aliphatic heterocycles. The number of carbonyl (C=O) groups is 1. The number of benzene rings is 1. The second-order valence-electron chi connectivity index (χ2n) is 3.74. The number of halogens is 2. The van der Waals surface area contributed by atoms with E-state index in [2.05, 4.69) is 9.68 Å². The van der Waals surface area contributed by atoms with Crippen molar-refractivity contribution < 1.29 is 23.6 Å². The van der Waals surface area contributed by atoms with Gasteiger partial charge in [0.1, 0.15) is 11.5 Å². The molecule has 0 aliphatic rings. The first-order valence-corrected chi connectivity index (χ1v) is 5.58. The molecule has 0 unspecified atom stereocenters. The molecule has 0 spiro atoms. The second kappa shape index (κ2) is 5.38. The van der Waals surface area contributed by atoms with Crippen LogP contribution in [-0.4, -0.2) is 23.3 Å². The van der Waals surface area contributed by atoms with Gasteiger partial charge in [0.2, 0.25) is 5.76 Å². The van der Waals surface area contributed by atoms with E-state index in [0.717, 1.165) is 6.07 Å². The fourth-order valence-electron chi connectivity index (χ4n) is 1.60. The molecule has 1 aromatic heterocycles. The zero-order chi connectivity index (χ0) is 14.0. The Kier molecular flexibility index (Phi) is 3.82. The molecule has 0 bridgehead atoms. The van der Waals surface area contributed by atoms with Gasteiger partial charge in [-0.25, -0.2) is 9.18 Å².